The van der Waals surface area contributed by atoms with Crippen LogP contribution in [0.2, 0.25) is 10.0 Å². The molecule has 0 bridgehead atoms. The summed E-state index contributed by atoms with van der Waals surface area (Å²) in [6.07, 6.45) is 0. The van der Waals surface area contributed by atoms with Crippen LogP contribution in [0.3, 0.4) is 0 Å². The van der Waals surface area contributed by atoms with Crippen molar-refractivity contribution in [3.8, 4) is 0 Å². The Morgan fingerprint density at radius 3 is 1.33 bits per heavy atom. The summed E-state index contributed by atoms with van der Waals surface area (Å²) in [4.78, 5) is -2.09. The van der Waals surface area contributed by atoms with Gasteiger partial charge in [-0.05, 0) is 12.1 Å². The average Bonchev–Trinajstić information content (AvgIpc) is 2.04. The molecule has 0 fully saturated rings. The van der Waals surface area contributed by atoms with Crippen LogP contribution in [-0.4, -0.2) is 25.9 Å². The van der Waals surface area contributed by atoms with E-state index in [1.54, 1.807) is 0 Å². The van der Waals surface area contributed by atoms with Crippen molar-refractivity contribution in [2.24, 2.45) is 0 Å². The predicted molar refractivity (Wildman–Crippen MR) is 52.4 cm³/mol. The van der Waals surface area contributed by atoms with E-state index in [0.29, 0.717) is 12.1 Å². The van der Waals surface area contributed by atoms with E-state index in [-0.39, 0.29) is 59.1 Å². The Morgan fingerprint density at radius 2 is 1.11 bits per heavy atom. The van der Waals surface area contributed by atoms with Crippen LogP contribution in [0.15, 0.2) is 21.9 Å². The molecule has 0 saturated carbocycles. The third-order valence-electron chi connectivity index (χ3n) is 1.51. The molecule has 0 N–H and O–H groups in total. The summed E-state index contributed by atoms with van der Waals surface area (Å²) in [5.41, 5.74) is 0. The van der Waals surface area contributed by atoms with E-state index < -0.39 is 40.1 Å². The first-order valence-corrected chi connectivity index (χ1v) is 7.01. The van der Waals surface area contributed by atoms with Crippen LogP contribution in [-0.2, 0) is 20.2 Å². The molecule has 0 aliphatic heterocycles. The summed E-state index contributed by atoms with van der Waals surface area (Å²) in [5.74, 6) is 0. The predicted octanol–water partition coefficient (Wildman–Crippen LogP) is -5.19. The first kappa shape index (κ1) is 21.9. The Kier molecular flexibility index (Phi) is 9.22. The average molecular weight is 351 g/mol. The standard InChI is InChI=1S/C6H4Cl2O6S2.2Na/c7-3-1-4(15(9,10)11)6(8)5(2-3)16(12,13)14;;/h1-2H,(H,9,10,11)(H,12,13,14);;/q;2*+1/p-2. The van der Waals surface area contributed by atoms with Crippen LogP contribution >= 0.6 is 23.2 Å². The zero-order valence-electron chi connectivity index (χ0n) is 9.18. The van der Waals surface area contributed by atoms with Crippen LogP contribution in [0.25, 0.3) is 0 Å². The van der Waals surface area contributed by atoms with Crippen LogP contribution in [0.1, 0.15) is 0 Å². The molecule has 0 heterocycles. The van der Waals surface area contributed by atoms with Crippen LogP contribution < -0.4 is 59.1 Å². The summed E-state index contributed by atoms with van der Waals surface area (Å²) in [6.45, 7) is 0. The molecule has 1 aromatic carbocycles. The number of hydrogen-bond donors (Lipinski definition) is 0. The zero-order valence-corrected chi connectivity index (χ0v) is 16.3. The van der Waals surface area contributed by atoms with E-state index >= 15 is 0 Å². The molecule has 6 nitrogen and oxygen atoms in total. The van der Waals surface area contributed by atoms with Gasteiger partial charge in [-0.1, -0.05) is 23.2 Å². The smallest absolute Gasteiger partial charge is 0.744 e. The summed E-state index contributed by atoms with van der Waals surface area (Å²) < 4.78 is 64.1. The van der Waals surface area contributed by atoms with E-state index in [1.807, 2.05) is 0 Å². The Morgan fingerprint density at radius 1 is 0.833 bits per heavy atom. The minimum atomic E-state index is -5.01. The molecular weight excluding hydrogens is 349 g/mol. The number of benzene rings is 1. The maximum absolute atomic E-state index is 10.7. The van der Waals surface area contributed by atoms with Crippen molar-refractivity contribution in [1.82, 2.24) is 0 Å². The summed E-state index contributed by atoms with van der Waals surface area (Å²) in [7, 11) is -10.0. The van der Waals surface area contributed by atoms with Gasteiger partial charge in [-0.25, -0.2) is 16.8 Å². The summed E-state index contributed by atoms with van der Waals surface area (Å²) in [5, 5.41) is -1.34. The van der Waals surface area contributed by atoms with E-state index in [2.05, 4.69) is 0 Å². The molecule has 0 saturated heterocycles. The van der Waals surface area contributed by atoms with Crippen molar-refractivity contribution in [2.75, 3.05) is 0 Å². The second-order valence-corrected chi connectivity index (χ2v) is 6.13. The fraction of sp³-hybridized carbons (Fsp3) is 0. The van der Waals surface area contributed by atoms with Crippen LogP contribution in [0.4, 0.5) is 0 Å². The molecule has 18 heavy (non-hydrogen) atoms. The summed E-state index contributed by atoms with van der Waals surface area (Å²) >= 11 is 10.7. The minimum Gasteiger partial charge on any atom is -0.744 e. The molecule has 1 aromatic rings. The van der Waals surface area contributed by atoms with Gasteiger partial charge in [-0.2, -0.15) is 0 Å². The first-order chi connectivity index (χ1) is 7.03. The summed E-state index contributed by atoms with van der Waals surface area (Å²) in [6, 6.07) is 1.34. The minimum absolute atomic E-state index is 0. The molecule has 0 aliphatic carbocycles. The van der Waals surface area contributed by atoms with E-state index in [1.165, 1.54) is 0 Å². The van der Waals surface area contributed by atoms with Crippen molar-refractivity contribution < 1.29 is 85.1 Å². The fourth-order valence-electron chi connectivity index (χ4n) is 0.904. The molecule has 0 radical (unpaired) electrons. The van der Waals surface area contributed by atoms with Gasteiger partial charge < -0.3 is 9.11 Å². The Labute approximate surface area is 158 Å². The Balaban J connectivity index is 0. The van der Waals surface area contributed by atoms with Gasteiger partial charge in [0.15, 0.2) is 0 Å². The topological polar surface area (TPSA) is 114 Å². The maximum atomic E-state index is 10.7. The van der Waals surface area contributed by atoms with Gasteiger partial charge in [0.25, 0.3) is 0 Å². The van der Waals surface area contributed by atoms with Gasteiger partial charge in [0.1, 0.15) is 20.2 Å². The molecule has 90 valence electrons. The van der Waals surface area contributed by atoms with Crippen molar-refractivity contribution in [3.63, 3.8) is 0 Å². The molecule has 0 aliphatic rings. The van der Waals surface area contributed by atoms with Gasteiger partial charge in [0, 0.05) is 5.02 Å². The monoisotopic (exact) mass is 350 g/mol. The molecular formula is C6H2Cl2Na2O6S2. The molecule has 0 unspecified atom stereocenters. The van der Waals surface area contributed by atoms with Gasteiger partial charge in [0.05, 0.1) is 14.8 Å². The van der Waals surface area contributed by atoms with Gasteiger partial charge in [-0.3, -0.25) is 0 Å². The fourth-order valence-corrected chi connectivity index (χ4v) is 3.19. The van der Waals surface area contributed by atoms with E-state index in [0.717, 1.165) is 0 Å². The Bertz CT molecular complexity index is 589. The van der Waals surface area contributed by atoms with Gasteiger partial charge in [0.2, 0.25) is 0 Å². The largest absolute Gasteiger partial charge is 1.00 e. The van der Waals surface area contributed by atoms with E-state index in [9.17, 15) is 25.9 Å². The first-order valence-electron chi connectivity index (χ1n) is 3.44. The van der Waals surface area contributed by atoms with Crippen molar-refractivity contribution in [2.45, 2.75) is 9.79 Å². The van der Waals surface area contributed by atoms with Crippen molar-refractivity contribution in [3.05, 3.63) is 22.2 Å². The second-order valence-electron chi connectivity index (χ2n) is 2.62. The quantitative estimate of drug-likeness (QED) is 0.389. The van der Waals surface area contributed by atoms with Crippen LogP contribution in [0.5, 0.6) is 0 Å². The van der Waals surface area contributed by atoms with Gasteiger partial charge in [-0.15, -0.1) is 0 Å². The molecule has 12 heteroatoms. The molecule has 0 atom stereocenters. The Hall–Kier alpha value is 1.62. The number of halogens is 2. The van der Waals surface area contributed by atoms with Crippen LogP contribution in [0, 0.1) is 0 Å². The number of rotatable bonds is 2. The van der Waals surface area contributed by atoms with Crippen molar-refractivity contribution >= 4 is 43.4 Å². The molecule has 0 spiro atoms. The van der Waals surface area contributed by atoms with Gasteiger partial charge >= 0.3 is 59.1 Å². The maximum Gasteiger partial charge on any atom is 1.00 e. The van der Waals surface area contributed by atoms with Crippen molar-refractivity contribution in [1.29, 1.82) is 0 Å². The molecule has 1 rings (SSSR count). The van der Waals surface area contributed by atoms with E-state index in [4.69, 9.17) is 23.2 Å². The second kappa shape index (κ2) is 7.58. The third kappa shape index (κ3) is 5.55. The SMILES string of the molecule is O=S(=O)([O-])c1cc(Cl)cc(S(=O)(=O)[O-])c1Cl.[Na+].[Na+]. The molecule has 0 amide bonds. The number of hydrogen-bond acceptors (Lipinski definition) is 6. The molecule has 0 aromatic heterocycles. The third-order valence-corrected chi connectivity index (χ3v) is 4.08. The normalized spacial score (nSPS) is 11.3. The zero-order chi connectivity index (χ0) is 12.7.